The molecule has 0 aromatic carbocycles. The Morgan fingerprint density at radius 2 is 1.70 bits per heavy atom. The van der Waals surface area contributed by atoms with Crippen LogP contribution in [-0.2, 0) is 14.6 Å². The normalized spacial score (nSPS) is 8.20. The Hall–Kier alpha value is 0.0800. The highest BCUT2D eigenvalue weighted by Crippen LogP contribution is 1.81. The van der Waals surface area contributed by atoms with Gasteiger partial charge in [-0.1, -0.05) is 0 Å². The molecule has 0 rings (SSSR count). The van der Waals surface area contributed by atoms with E-state index in [2.05, 4.69) is 4.18 Å². The lowest BCUT2D eigenvalue weighted by atomic mass is 10.9. The molecule has 0 radical (unpaired) electrons. The van der Waals surface area contributed by atoms with E-state index in [9.17, 15) is 8.42 Å². The van der Waals surface area contributed by atoms with Crippen LogP contribution in [0.1, 0.15) is 6.92 Å². The van der Waals surface area contributed by atoms with Gasteiger partial charge in [-0.3, -0.25) is 4.55 Å². The molecular weight excluding hydrogens is 184 g/mol. The summed E-state index contributed by atoms with van der Waals surface area (Å²) in [5, 5.41) is 0. The van der Waals surface area contributed by atoms with Gasteiger partial charge in [0, 0.05) is 0 Å². The molecule has 0 aromatic rings. The zero-order valence-electron chi connectivity index (χ0n) is 5.61. The van der Waals surface area contributed by atoms with E-state index in [1.165, 1.54) is 6.92 Å². The number of hydrogen-bond acceptors (Lipinski definition) is 5. The molecule has 0 aliphatic heterocycles. The maximum atomic E-state index is 9.56. The second kappa shape index (κ2) is 9.08. The largest absolute Gasteiger partial charge is 0.397 e. The van der Waals surface area contributed by atoms with Crippen molar-refractivity contribution in [2.75, 3.05) is 6.61 Å². The number of rotatable bonds is 2. The summed E-state index contributed by atoms with van der Waals surface area (Å²) in [5.41, 5.74) is 0. The molecular formula is C2H13ClN2O4S. The molecule has 0 fully saturated rings. The first-order chi connectivity index (χ1) is 3.06. The van der Waals surface area contributed by atoms with Crippen LogP contribution in [0.3, 0.4) is 0 Å². The molecule has 0 heterocycles. The second-order valence-electron chi connectivity index (χ2n) is 0.834. The highest BCUT2D eigenvalue weighted by molar-refractivity contribution is 7.80. The van der Waals surface area contributed by atoms with Crippen LogP contribution in [0, 0.1) is 0 Å². The van der Waals surface area contributed by atoms with Crippen molar-refractivity contribution < 1.29 is 17.2 Å². The predicted molar refractivity (Wildman–Crippen MR) is 40.5 cm³/mol. The van der Waals surface area contributed by atoms with Gasteiger partial charge < -0.3 is 12.3 Å². The zero-order valence-corrected chi connectivity index (χ0v) is 7.24. The summed E-state index contributed by atoms with van der Waals surface area (Å²) in [6.45, 7) is 1.44. The lowest BCUT2D eigenvalue weighted by Gasteiger charge is -1.88. The minimum atomic E-state index is -4.17. The number of hydrogen-bond donors (Lipinski definition) is 3. The van der Waals surface area contributed by atoms with Gasteiger partial charge in [-0.15, -0.1) is 12.4 Å². The average molecular weight is 197 g/mol. The van der Waals surface area contributed by atoms with E-state index < -0.39 is 10.4 Å². The van der Waals surface area contributed by atoms with Crippen LogP contribution in [0.15, 0.2) is 0 Å². The Morgan fingerprint density at radius 1 is 1.40 bits per heavy atom. The minimum Gasteiger partial charge on any atom is -0.344 e. The van der Waals surface area contributed by atoms with E-state index in [1.807, 2.05) is 0 Å². The van der Waals surface area contributed by atoms with Crippen LogP contribution in [-0.4, -0.2) is 19.6 Å². The molecule has 0 aromatic heterocycles. The Balaban J connectivity index is -0.0000000600. The van der Waals surface area contributed by atoms with Crippen molar-refractivity contribution in [1.29, 1.82) is 0 Å². The van der Waals surface area contributed by atoms with Gasteiger partial charge in [0.1, 0.15) is 0 Å². The maximum absolute atomic E-state index is 9.56. The van der Waals surface area contributed by atoms with Crippen molar-refractivity contribution in [1.82, 2.24) is 12.3 Å². The van der Waals surface area contributed by atoms with E-state index in [0.717, 1.165) is 0 Å². The van der Waals surface area contributed by atoms with Crippen molar-refractivity contribution in [3.63, 3.8) is 0 Å². The van der Waals surface area contributed by atoms with Crippen LogP contribution in [0.4, 0.5) is 0 Å². The van der Waals surface area contributed by atoms with Crippen molar-refractivity contribution in [3.8, 4) is 0 Å². The van der Waals surface area contributed by atoms with Crippen LogP contribution < -0.4 is 12.3 Å². The fourth-order valence-electron chi connectivity index (χ4n) is 0.149. The number of halogens is 1. The standard InChI is InChI=1S/C2H6O4S.ClH.2H3N/c1-2-6-7(3,4)5;;;/h2H2,1H3,(H,3,4,5);1H;2*1H3. The third-order valence-corrected chi connectivity index (χ3v) is 0.800. The topological polar surface area (TPSA) is 134 Å². The summed E-state index contributed by atoms with van der Waals surface area (Å²) < 4.78 is 30.7. The first-order valence-electron chi connectivity index (χ1n) is 1.68. The summed E-state index contributed by atoms with van der Waals surface area (Å²) in [4.78, 5) is 0. The van der Waals surface area contributed by atoms with Gasteiger partial charge in [0.25, 0.3) is 0 Å². The van der Waals surface area contributed by atoms with Crippen molar-refractivity contribution >= 4 is 22.8 Å². The molecule has 0 spiro atoms. The summed E-state index contributed by atoms with van der Waals surface area (Å²) in [5.74, 6) is 0. The van der Waals surface area contributed by atoms with Gasteiger partial charge in [0.05, 0.1) is 6.61 Å². The molecule has 0 amide bonds. The second-order valence-corrected chi connectivity index (χ2v) is 1.93. The molecule has 0 unspecified atom stereocenters. The lowest BCUT2D eigenvalue weighted by molar-refractivity contribution is 0.283. The SMILES string of the molecule is CCOS(=O)(=O)O.Cl.N.N. The molecule has 7 N–H and O–H groups in total. The van der Waals surface area contributed by atoms with Gasteiger partial charge in [-0.25, -0.2) is 4.18 Å². The van der Waals surface area contributed by atoms with Crippen LogP contribution >= 0.6 is 12.4 Å². The maximum Gasteiger partial charge on any atom is 0.397 e. The molecule has 0 atom stereocenters. The third-order valence-electron chi connectivity index (χ3n) is 0.267. The van der Waals surface area contributed by atoms with E-state index in [4.69, 9.17) is 4.55 Å². The molecule has 10 heavy (non-hydrogen) atoms. The molecule has 8 heteroatoms. The smallest absolute Gasteiger partial charge is 0.344 e. The first-order valence-corrected chi connectivity index (χ1v) is 3.04. The van der Waals surface area contributed by atoms with Crippen molar-refractivity contribution in [2.45, 2.75) is 6.92 Å². The zero-order chi connectivity index (χ0) is 5.91. The molecule has 68 valence electrons. The first kappa shape index (κ1) is 22.5. The van der Waals surface area contributed by atoms with Crippen LogP contribution in [0.5, 0.6) is 0 Å². The summed E-state index contributed by atoms with van der Waals surface area (Å²) >= 11 is 0. The predicted octanol–water partition coefficient (Wildman–Crippen LogP) is 0.572. The summed E-state index contributed by atoms with van der Waals surface area (Å²) in [6, 6.07) is 0. The lowest BCUT2D eigenvalue weighted by Crippen LogP contribution is -2.01. The minimum absolute atomic E-state index is 0. The Bertz CT molecular complexity index is 134. The van der Waals surface area contributed by atoms with Gasteiger partial charge in [-0.2, -0.15) is 8.42 Å². The Morgan fingerprint density at radius 3 is 1.70 bits per heavy atom. The fraction of sp³-hybridized carbons (Fsp3) is 1.00. The van der Waals surface area contributed by atoms with Crippen molar-refractivity contribution in [2.24, 2.45) is 0 Å². The molecule has 0 saturated heterocycles. The summed E-state index contributed by atoms with van der Waals surface area (Å²) in [6.07, 6.45) is 0. The quantitative estimate of drug-likeness (QED) is 0.553. The van der Waals surface area contributed by atoms with Gasteiger partial charge in [-0.05, 0) is 6.92 Å². The van der Waals surface area contributed by atoms with E-state index in [1.54, 1.807) is 0 Å². The monoisotopic (exact) mass is 196 g/mol. The van der Waals surface area contributed by atoms with Crippen LogP contribution in [0.25, 0.3) is 0 Å². The molecule has 0 bridgehead atoms. The molecule has 0 aliphatic rings. The summed E-state index contributed by atoms with van der Waals surface area (Å²) in [7, 11) is -4.17. The highest BCUT2D eigenvalue weighted by atomic mass is 35.5. The van der Waals surface area contributed by atoms with E-state index in [-0.39, 0.29) is 31.3 Å². The average Bonchev–Trinajstić information content (AvgIpc) is 1.30. The van der Waals surface area contributed by atoms with Crippen LogP contribution in [0.2, 0.25) is 0 Å². The molecule has 0 saturated carbocycles. The van der Waals surface area contributed by atoms with Gasteiger partial charge in [0.2, 0.25) is 0 Å². The molecule has 6 nitrogen and oxygen atoms in total. The van der Waals surface area contributed by atoms with Gasteiger partial charge >= 0.3 is 10.4 Å². The fourth-order valence-corrected chi connectivity index (χ4v) is 0.447. The van der Waals surface area contributed by atoms with Gasteiger partial charge in [0.15, 0.2) is 0 Å². The Labute approximate surface area is 66.5 Å². The van der Waals surface area contributed by atoms with Crippen molar-refractivity contribution in [3.05, 3.63) is 0 Å². The molecule has 0 aliphatic carbocycles. The van der Waals surface area contributed by atoms with E-state index >= 15 is 0 Å². The van der Waals surface area contributed by atoms with E-state index in [0.29, 0.717) is 0 Å². The highest BCUT2D eigenvalue weighted by Gasteiger charge is 1.98. The third kappa shape index (κ3) is 24.3. The Kier molecular flexibility index (Phi) is 20.4.